The lowest BCUT2D eigenvalue weighted by molar-refractivity contribution is 0.0994. The van der Waals surface area contributed by atoms with Crippen molar-refractivity contribution in [1.82, 2.24) is 10.2 Å². The maximum Gasteiger partial charge on any atom is 0.269 e. The van der Waals surface area contributed by atoms with Gasteiger partial charge >= 0.3 is 0 Å². The summed E-state index contributed by atoms with van der Waals surface area (Å²) in [5.41, 5.74) is 5.26. The molecule has 0 aromatic carbocycles. The topological polar surface area (TPSA) is 80.9 Å². The number of amides is 1. The van der Waals surface area contributed by atoms with Crippen molar-refractivity contribution in [2.75, 3.05) is 11.9 Å². The Balaban J connectivity index is 2.52. The predicted molar refractivity (Wildman–Crippen MR) is 63.1 cm³/mol. The van der Waals surface area contributed by atoms with E-state index in [-0.39, 0.29) is 5.69 Å². The third kappa shape index (κ3) is 3.49. The molecule has 0 saturated carbocycles. The van der Waals surface area contributed by atoms with Gasteiger partial charge in [-0.25, -0.2) is 0 Å². The second-order valence-corrected chi connectivity index (χ2v) is 3.73. The molecular formula is C11H18N4O. The van der Waals surface area contributed by atoms with Crippen molar-refractivity contribution in [2.45, 2.75) is 26.7 Å². The van der Waals surface area contributed by atoms with Gasteiger partial charge in [-0.3, -0.25) is 4.79 Å². The Hall–Kier alpha value is -1.65. The molecule has 3 N–H and O–H groups in total. The lowest BCUT2D eigenvalue weighted by Gasteiger charge is -2.13. The van der Waals surface area contributed by atoms with Gasteiger partial charge in [0.25, 0.3) is 5.91 Å². The van der Waals surface area contributed by atoms with Crippen molar-refractivity contribution in [2.24, 2.45) is 11.7 Å². The Kier molecular flexibility index (Phi) is 4.69. The molecular weight excluding hydrogens is 204 g/mol. The largest absolute Gasteiger partial charge is 0.368 e. The van der Waals surface area contributed by atoms with Gasteiger partial charge < -0.3 is 11.1 Å². The zero-order valence-electron chi connectivity index (χ0n) is 9.73. The van der Waals surface area contributed by atoms with Crippen LogP contribution in [-0.4, -0.2) is 22.6 Å². The van der Waals surface area contributed by atoms with Crippen LogP contribution in [0.4, 0.5) is 5.82 Å². The van der Waals surface area contributed by atoms with Gasteiger partial charge in [0.05, 0.1) is 0 Å². The molecule has 0 aliphatic carbocycles. The van der Waals surface area contributed by atoms with Gasteiger partial charge in [-0.15, -0.1) is 10.2 Å². The summed E-state index contributed by atoms with van der Waals surface area (Å²) in [6, 6.07) is 3.29. The normalized spacial score (nSPS) is 10.4. The first-order valence-corrected chi connectivity index (χ1v) is 5.54. The molecule has 0 fully saturated rings. The Morgan fingerprint density at radius 2 is 2.06 bits per heavy atom. The molecule has 1 rings (SSSR count). The highest BCUT2D eigenvalue weighted by Gasteiger charge is 2.05. The highest BCUT2D eigenvalue weighted by Crippen LogP contribution is 2.09. The summed E-state index contributed by atoms with van der Waals surface area (Å²) in [6.45, 7) is 5.20. The quantitative estimate of drug-likeness (QED) is 0.762. The standard InChI is InChI=1S/C11H18N4O/c1-3-8(4-2)7-13-10-6-5-9(11(12)16)14-15-10/h5-6,8H,3-4,7H2,1-2H3,(H2,12,16)(H,13,15). The van der Waals surface area contributed by atoms with Crippen molar-refractivity contribution in [3.8, 4) is 0 Å². The summed E-state index contributed by atoms with van der Waals surface area (Å²) < 4.78 is 0. The summed E-state index contributed by atoms with van der Waals surface area (Å²) in [5.74, 6) is 0.758. The zero-order chi connectivity index (χ0) is 12.0. The third-order valence-corrected chi connectivity index (χ3v) is 2.64. The molecule has 1 heterocycles. The minimum Gasteiger partial charge on any atom is -0.368 e. The first kappa shape index (κ1) is 12.4. The maximum absolute atomic E-state index is 10.8. The van der Waals surface area contributed by atoms with Crippen LogP contribution in [0.1, 0.15) is 37.2 Å². The van der Waals surface area contributed by atoms with E-state index in [1.54, 1.807) is 12.1 Å². The van der Waals surface area contributed by atoms with Gasteiger partial charge in [-0.05, 0) is 18.1 Å². The lowest BCUT2D eigenvalue weighted by Crippen LogP contribution is -2.16. The Morgan fingerprint density at radius 1 is 1.38 bits per heavy atom. The molecule has 0 spiro atoms. The van der Waals surface area contributed by atoms with E-state index in [0.717, 1.165) is 19.4 Å². The van der Waals surface area contributed by atoms with E-state index < -0.39 is 5.91 Å². The summed E-state index contributed by atoms with van der Waals surface area (Å²) >= 11 is 0. The van der Waals surface area contributed by atoms with E-state index in [1.165, 1.54) is 0 Å². The molecule has 1 amide bonds. The lowest BCUT2D eigenvalue weighted by atomic mass is 10.0. The van der Waals surface area contributed by atoms with E-state index in [4.69, 9.17) is 5.73 Å². The highest BCUT2D eigenvalue weighted by atomic mass is 16.1. The zero-order valence-corrected chi connectivity index (χ0v) is 9.73. The number of carbonyl (C=O) groups is 1. The minimum absolute atomic E-state index is 0.188. The van der Waals surface area contributed by atoms with E-state index in [1.807, 2.05) is 0 Å². The Labute approximate surface area is 95.4 Å². The van der Waals surface area contributed by atoms with Gasteiger partial charge in [-0.1, -0.05) is 26.7 Å². The van der Waals surface area contributed by atoms with Crippen molar-refractivity contribution >= 4 is 11.7 Å². The van der Waals surface area contributed by atoms with Crippen LogP contribution in [0, 0.1) is 5.92 Å². The summed E-state index contributed by atoms with van der Waals surface area (Å²) in [4.78, 5) is 10.8. The Morgan fingerprint density at radius 3 is 2.50 bits per heavy atom. The third-order valence-electron chi connectivity index (χ3n) is 2.64. The van der Waals surface area contributed by atoms with E-state index in [2.05, 4.69) is 29.4 Å². The SMILES string of the molecule is CCC(CC)CNc1ccc(C(N)=O)nn1. The van der Waals surface area contributed by atoms with Crippen LogP contribution in [-0.2, 0) is 0 Å². The van der Waals surface area contributed by atoms with Crippen LogP contribution in [0.2, 0.25) is 0 Å². The maximum atomic E-state index is 10.8. The number of nitrogens with one attached hydrogen (secondary N) is 1. The second-order valence-electron chi connectivity index (χ2n) is 3.73. The molecule has 88 valence electrons. The molecule has 0 atom stereocenters. The number of rotatable bonds is 6. The molecule has 0 unspecified atom stereocenters. The molecule has 0 aliphatic rings. The number of primary amides is 1. The van der Waals surface area contributed by atoms with Crippen molar-refractivity contribution < 1.29 is 4.79 Å². The van der Waals surface area contributed by atoms with Gasteiger partial charge in [-0.2, -0.15) is 0 Å². The number of hydrogen-bond donors (Lipinski definition) is 2. The molecule has 16 heavy (non-hydrogen) atoms. The van der Waals surface area contributed by atoms with E-state index in [0.29, 0.717) is 11.7 Å². The number of anilines is 1. The van der Waals surface area contributed by atoms with E-state index >= 15 is 0 Å². The van der Waals surface area contributed by atoms with Gasteiger partial charge in [0.1, 0.15) is 5.82 Å². The highest BCUT2D eigenvalue weighted by molar-refractivity contribution is 5.90. The Bertz CT molecular complexity index is 332. The molecule has 1 aromatic heterocycles. The van der Waals surface area contributed by atoms with Crippen LogP contribution in [0.5, 0.6) is 0 Å². The smallest absolute Gasteiger partial charge is 0.269 e. The van der Waals surface area contributed by atoms with Crippen LogP contribution in [0.15, 0.2) is 12.1 Å². The van der Waals surface area contributed by atoms with Crippen LogP contribution < -0.4 is 11.1 Å². The fraction of sp³-hybridized carbons (Fsp3) is 0.545. The predicted octanol–water partition coefficient (Wildman–Crippen LogP) is 1.42. The number of nitrogens with zero attached hydrogens (tertiary/aromatic N) is 2. The summed E-state index contributed by atoms with van der Waals surface area (Å²) in [7, 11) is 0. The fourth-order valence-electron chi connectivity index (χ4n) is 1.38. The van der Waals surface area contributed by atoms with Crippen LogP contribution in [0.25, 0.3) is 0 Å². The number of carbonyl (C=O) groups excluding carboxylic acids is 1. The average molecular weight is 222 g/mol. The fourth-order valence-corrected chi connectivity index (χ4v) is 1.38. The van der Waals surface area contributed by atoms with E-state index in [9.17, 15) is 4.79 Å². The number of aromatic nitrogens is 2. The van der Waals surface area contributed by atoms with Crippen molar-refractivity contribution in [3.63, 3.8) is 0 Å². The molecule has 0 radical (unpaired) electrons. The first-order valence-electron chi connectivity index (χ1n) is 5.54. The first-order chi connectivity index (χ1) is 7.67. The number of nitrogens with two attached hydrogens (primary N) is 1. The van der Waals surface area contributed by atoms with Crippen LogP contribution in [0.3, 0.4) is 0 Å². The molecule has 0 saturated heterocycles. The molecule has 0 bridgehead atoms. The minimum atomic E-state index is -0.556. The van der Waals surface area contributed by atoms with Gasteiger partial charge in [0.2, 0.25) is 0 Å². The molecule has 0 aliphatic heterocycles. The summed E-state index contributed by atoms with van der Waals surface area (Å²) in [6.07, 6.45) is 2.27. The van der Waals surface area contributed by atoms with Crippen LogP contribution >= 0.6 is 0 Å². The van der Waals surface area contributed by atoms with Gasteiger partial charge in [0.15, 0.2) is 5.69 Å². The van der Waals surface area contributed by atoms with Crippen molar-refractivity contribution in [1.29, 1.82) is 0 Å². The average Bonchev–Trinajstić information content (AvgIpc) is 2.31. The van der Waals surface area contributed by atoms with Gasteiger partial charge in [0, 0.05) is 6.54 Å². The summed E-state index contributed by atoms with van der Waals surface area (Å²) in [5, 5.41) is 10.8. The molecule has 5 nitrogen and oxygen atoms in total. The number of hydrogen-bond acceptors (Lipinski definition) is 4. The van der Waals surface area contributed by atoms with Crippen molar-refractivity contribution in [3.05, 3.63) is 17.8 Å². The second kappa shape index (κ2) is 6.05. The monoisotopic (exact) mass is 222 g/mol. The molecule has 1 aromatic rings. The molecule has 5 heteroatoms.